The summed E-state index contributed by atoms with van der Waals surface area (Å²) in [6, 6.07) is 6.04. The molecule has 1 heterocycles. The van der Waals surface area contributed by atoms with Crippen LogP contribution in [-0.4, -0.2) is 42.0 Å². The number of aryl methyl sites for hydroxylation is 1. The van der Waals surface area contributed by atoms with E-state index in [4.69, 9.17) is 4.74 Å². The number of nitro groups is 1. The number of H-pyrrole nitrogens is 1. The van der Waals surface area contributed by atoms with E-state index in [1.165, 1.54) is 19.2 Å². The normalized spacial score (nSPS) is 10.4. The molecule has 0 spiro atoms. The Bertz CT molecular complexity index is 858. The Balaban J connectivity index is 1.97. The number of hydrogen-bond donors (Lipinski definition) is 3. The number of rotatable bonds is 9. The first-order chi connectivity index (χ1) is 13.4. The van der Waals surface area contributed by atoms with Gasteiger partial charge in [0, 0.05) is 36.6 Å². The summed E-state index contributed by atoms with van der Waals surface area (Å²) in [5, 5.41) is 16.5. The highest BCUT2D eigenvalue weighted by Gasteiger charge is 2.24. The number of esters is 1. The number of methoxy groups -OCH3 is 1. The third-order valence-electron chi connectivity index (χ3n) is 4.23. The predicted molar refractivity (Wildman–Crippen MR) is 105 cm³/mol. The van der Waals surface area contributed by atoms with E-state index in [1.54, 1.807) is 19.1 Å². The van der Waals surface area contributed by atoms with E-state index < -0.39 is 10.9 Å². The summed E-state index contributed by atoms with van der Waals surface area (Å²) in [5.74, 6) is -0.761. The van der Waals surface area contributed by atoms with E-state index in [1.807, 2.05) is 6.92 Å². The summed E-state index contributed by atoms with van der Waals surface area (Å²) in [5.41, 5.74) is 2.78. The Morgan fingerprint density at radius 2 is 1.89 bits per heavy atom. The number of carbonyl (C=O) groups excluding carboxylic acids is 2. The highest BCUT2D eigenvalue weighted by atomic mass is 16.6. The van der Waals surface area contributed by atoms with E-state index in [0.29, 0.717) is 42.0 Å². The fourth-order valence-electron chi connectivity index (χ4n) is 2.92. The standard InChI is InChI=1S/C19H24N4O5/c1-4-5-15-16(19(25)28-3)12(2)22-17(15)18(24)21-11-10-20-13-6-8-14(9-7-13)23(26)27/h6-9,20,22H,4-5,10-11H2,1-3H3,(H,21,24). The van der Waals surface area contributed by atoms with Crippen LogP contribution in [0, 0.1) is 17.0 Å². The SMILES string of the molecule is CCCc1c(C(=O)NCCNc2ccc([N+](=O)[O-])cc2)[nH]c(C)c1C(=O)OC. The molecule has 1 amide bonds. The summed E-state index contributed by atoms with van der Waals surface area (Å²) in [6.45, 7) is 4.49. The van der Waals surface area contributed by atoms with Gasteiger partial charge in [0.1, 0.15) is 5.69 Å². The molecule has 2 rings (SSSR count). The third-order valence-corrected chi connectivity index (χ3v) is 4.23. The van der Waals surface area contributed by atoms with E-state index >= 15 is 0 Å². The molecule has 28 heavy (non-hydrogen) atoms. The number of nitrogens with zero attached hydrogens (tertiary/aromatic N) is 1. The molecule has 0 aliphatic heterocycles. The molecule has 0 aliphatic rings. The number of carbonyl (C=O) groups is 2. The monoisotopic (exact) mass is 388 g/mol. The lowest BCUT2D eigenvalue weighted by molar-refractivity contribution is -0.384. The van der Waals surface area contributed by atoms with Gasteiger partial charge in [0.25, 0.3) is 11.6 Å². The first-order valence-corrected chi connectivity index (χ1v) is 8.95. The lowest BCUT2D eigenvalue weighted by Gasteiger charge is -2.09. The van der Waals surface area contributed by atoms with E-state index in [-0.39, 0.29) is 11.6 Å². The minimum atomic E-state index is -0.462. The van der Waals surface area contributed by atoms with Crippen molar-refractivity contribution in [3.8, 4) is 0 Å². The number of benzene rings is 1. The smallest absolute Gasteiger partial charge is 0.339 e. The average Bonchev–Trinajstić information content (AvgIpc) is 3.01. The molecule has 0 unspecified atom stereocenters. The summed E-state index contributed by atoms with van der Waals surface area (Å²) in [4.78, 5) is 37.8. The van der Waals surface area contributed by atoms with Crippen LogP contribution in [0.5, 0.6) is 0 Å². The molecule has 9 heteroatoms. The lowest BCUT2D eigenvalue weighted by atomic mass is 10.0. The van der Waals surface area contributed by atoms with Crippen LogP contribution in [0.25, 0.3) is 0 Å². The van der Waals surface area contributed by atoms with E-state index in [2.05, 4.69) is 15.6 Å². The number of ether oxygens (including phenoxy) is 1. The van der Waals surface area contributed by atoms with Crippen molar-refractivity contribution in [2.24, 2.45) is 0 Å². The van der Waals surface area contributed by atoms with Gasteiger partial charge in [-0.05, 0) is 31.0 Å². The van der Waals surface area contributed by atoms with Crippen molar-refractivity contribution in [3.63, 3.8) is 0 Å². The van der Waals surface area contributed by atoms with Crippen LogP contribution in [0.15, 0.2) is 24.3 Å². The van der Waals surface area contributed by atoms with Crippen molar-refractivity contribution in [3.05, 3.63) is 56.9 Å². The van der Waals surface area contributed by atoms with Crippen molar-refractivity contribution in [1.82, 2.24) is 10.3 Å². The first-order valence-electron chi connectivity index (χ1n) is 8.95. The highest BCUT2D eigenvalue weighted by Crippen LogP contribution is 2.22. The highest BCUT2D eigenvalue weighted by molar-refractivity contribution is 6.00. The fraction of sp³-hybridized carbons (Fsp3) is 0.368. The van der Waals surface area contributed by atoms with Crippen LogP contribution in [0.1, 0.15) is 45.4 Å². The molecular weight excluding hydrogens is 364 g/mol. The largest absolute Gasteiger partial charge is 0.465 e. The zero-order valence-corrected chi connectivity index (χ0v) is 16.1. The van der Waals surface area contributed by atoms with Crippen LogP contribution in [0.2, 0.25) is 0 Å². The van der Waals surface area contributed by atoms with Crippen molar-refractivity contribution in [2.75, 3.05) is 25.5 Å². The fourth-order valence-corrected chi connectivity index (χ4v) is 2.92. The van der Waals surface area contributed by atoms with E-state index in [9.17, 15) is 19.7 Å². The Hall–Kier alpha value is -3.36. The van der Waals surface area contributed by atoms with Crippen molar-refractivity contribution in [1.29, 1.82) is 0 Å². The molecule has 150 valence electrons. The van der Waals surface area contributed by atoms with Gasteiger partial charge in [-0.2, -0.15) is 0 Å². The lowest BCUT2D eigenvalue weighted by Crippen LogP contribution is -2.29. The van der Waals surface area contributed by atoms with Crippen molar-refractivity contribution >= 4 is 23.3 Å². The van der Waals surface area contributed by atoms with Gasteiger partial charge in [0.05, 0.1) is 17.6 Å². The number of hydrogen-bond acceptors (Lipinski definition) is 6. The minimum Gasteiger partial charge on any atom is -0.465 e. The summed E-state index contributed by atoms with van der Waals surface area (Å²) < 4.78 is 4.83. The third kappa shape index (κ3) is 4.87. The molecule has 0 radical (unpaired) electrons. The summed E-state index contributed by atoms with van der Waals surface area (Å²) >= 11 is 0. The molecule has 1 aromatic carbocycles. The number of non-ortho nitro benzene ring substituents is 1. The van der Waals surface area contributed by atoms with Gasteiger partial charge < -0.3 is 20.4 Å². The van der Waals surface area contributed by atoms with Gasteiger partial charge >= 0.3 is 5.97 Å². The molecule has 0 atom stereocenters. The predicted octanol–water partition coefficient (Wildman–Crippen LogP) is 2.81. The van der Waals surface area contributed by atoms with Crippen LogP contribution >= 0.6 is 0 Å². The van der Waals surface area contributed by atoms with Crippen molar-refractivity contribution < 1.29 is 19.2 Å². The molecule has 0 saturated heterocycles. The van der Waals surface area contributed by atoms with E-state index in [0.717, 1.165) is 12.1 Å². The number of nitro benzene ring substituents is 1. The van der Waals surface area contributed by atoms with Crippen LogP contribution in [-0.2, 0) is 11.2 Å². The second-order valence-electron chi connectivity index (χ2n) is 6.21. The maximum atomic E-state index is 12.6. The zero-order valence-electron chi connectivity index (χ0n) is 16.1. The van der Waals surface area contributed by atoms with Crippen molar-refractivity contribution in [2.45, 2.75) is 26.7 Å². The number of nitrogens with one attached hydrogen (secondary N) is 3. The number of aromatic amines is 1. The first kappa shape index (κ1) is 20.9. The Kier molecular flexibility index (Phi) is 7.14. The quantitative estimate of drug-likeness (QED) is 0.262. The van der Waals surface area contributed by atoms with Gasteiger partial charge in [0.15, 0.2) is 0 Å². The topological polar surface area (TPSA) is 126 Å². The molecule has 0 bridgehead atoms. The maximum absolute atomic E-state index is 12.6. The average molecular weight is 388 g/mol. The van der Waals surface area contributed by atoms with Gasteiger partial charge in [-0.1, -0.05) is 13.3 Å². The van der Waals surface area contributed by atoms with Gasteiger partial charge in [-0.15, -0.1) is 0 Å². The molecule has 9 nitrogen and oxygen atoms in total. The van der Waals surface area contributed by atoms with Gasteiger partial charge in [-0.25, -0.2) is 4.79 Å². The maximum Gasteiger partial charge on any atom is 0.339 e. The molecule has 3 N–H and O–H groups in total. The zero-order chi connectivity index (χ0) is 20.7. The molecule has 0 fully saturated rings. The Labute approximate surface area is 162 Å². The number of amides is 1. The summed E-state index contributed by atoms with van der Waals surface area (Å²) in [7, 11) is 1.31. The number of anilines is 1. The van der Waals surface area contributed by atoms with Gasteiger partial charge in [0.2, 0.25) is 0 Å². The molecule has 1 aromatic heterocycles. The second-order valence-corrected chi connectivity index (χ2v) is 6.21. The molecule has 0 aliphatic carbocycles. The molecule has 2 aromatic rings. The van der Waals surface area contributed by atoms with Gasteiger partial charge in [-0.3, -0.25) is 14.9 Å². The minimum absolute atomic E-state index is 0.0193. The van der Waals surface area contributed by atoms with Crippen LogP contribution < -0.4 is 10.6 Å². The van der Waals surface area contributed by atoms with Crippen LogP contribution in [0.3, 0.4) is 0 Å². The molecule has 0 saturated carbocycles. The molecular formula is C19H24N4O5. The Morgan fingerprint density at radius 1 is 1.21 bits per heavy atom. The number of aromatic nitrogens is 1. The second kappa shape index (κ2) is 9.54. The Morgan fingerprint density at radius 3 is 2.46 bits per heavy atom. The summed E-state index contributed by atoms with van der Waals surface area (Å²) in [6.07, 6.45) is 1.36. The van der Waals surface area contributed by atoms with Crippen LogP contribution in [0.4, 0.5) is 11.4 Å².